The zero-order valence-electron chi connectivity index (χ0n) is 17.4. The number of hydrogen-bond acceptors (Lipinski definition) is 5. The molecule has 0 radical (unpaired) electrons. The molecule has 1 aliphatic carbocycles. The largest absolute Gasteiger partial charge is 0.446 e. The number of alkyl carbamates (subject to hydrolysis) is 1. The molecule has 8 nitrogen and oxygen atoms in total. The zero-order valence-corrected chi connectivity index (χ0v) is 17.4. The Morgan fingerprint density at radius 3 is 2.40 bits per heavy atom. The maximum Gasteiger partial charge on any atom is 0.407 e. The van der Waals surface area contributed by atoms with E-state index in [1.807, 2.05) is 23.1 Å². The number of benzene rings is 1. The van der Waals surface area contributed by atoms with Crippen molar-refractivity contribution in [1.29, 1.82) is 0 Å². The first kappa shape index (κ1) is 22.1. The van der Waals surface area contributed by atoms with Crippen molar-refractivity contribution in [3.63, 3.8) is 0 Å². The highest BCUT2D eigenvalue weighted by Crippen LogP contribution is 2.35. The third kappa shape index (κ3) is 5.30. The maximum atomic E-state index is 13.2. The molecule has 0 bridgehead atoms. The quantitative estimate of drug-likeness (QED) is 0.504. The van der Waals surface area contributed by atoms with Crippen molar-refractivity contribution in [2.24, 2.45) is 11.8 Å². The van der Waals surface area contributed by atoms with Crippen molar-refractivity contribution in [3.8, 4) is 0 Å². The molecule has 3 atom stereocenters. The van der Waals surface area contributed by atoms with E-state index in [9.17, 15) is 14.4 Å². The molecule has 1 heterocycles. The Morgan fingerprint density at radius 1 is 1.07 bits per heavy atom. The Morgan fingerprint density at radius 2 is 1.77 bits per heavy atom. The Kier molecular flexibility index (Phi) is 7.68. The van der Waals surface area contributed by atoms with Crippen molar-refractivity contribution >= 4 is 17.9 Å². The zero-order chi connectivity index (χ0) is 21.5. The molecule has 8 heteroatoms. The van der Waals surface area contributed by atoms with E-state index >= 15 is 0 Å². The number of ether oxygens (including phenoxy) is 1. The normalized spacial score (nSPS) is 24.7. The molecule has 2 aliphatic rings. The molecular formula is C22H31N3O5. The summed E-state index contributed by atoms with van der Waals surface area (Å²) in [6, 6.07) is 10.3. The second-order valence-corrected chi connectivity index (χ2v) is 8.07. The highest BCUT2D eigenvalue weighted by molar-refractivity contribution is 5.87. The van der Waals surface area contributed by atoms with Gasteiger partial charge in [0, 0.05) is 19.6 Å². The number of nitrogens with one attached hydrogen (secondary N) is 2. The molecule has 164 valence electrons. The molecule has 0 aromatic heterocycles. The van der Waals surface area contributed by atoms with Crippen molar-refractivity contribution in [3.05, 3.63) is 35.9 Å². The lowest BCUT2D eigenvalue weighted by atomic mass is 9.76. The minimum atomic E-state index is -0.720. The fraction of sp³-hybridized carbons (Fsp3) is 0.591. The lowest BCUT2D eigenvalue weighted by Crippen LogP contribution is -2.49. The fourth-order valence-corrected chi connectivity index (χ4v) is 4.64. The molecule has 0 unspecified atom stereocenters. The monoisotopic (exact) mass is 417 g/mol. The number of carbonyl (C=O) groups is 3. The number of carbonyl (C=O) groups excluding carboxylic acids is 3. The summed E-state index contributed by atoms with van der Waals surface area (Å²) in [5, 5.41) is 11.7. The summed E-state index contributed by atoms with van der Waals surface area (Å²) in [5.41, 5.74) is 2.98. The van der Waals surface area contributed by atoms with E-state index in [0.29, 0.717) is 38.4 Å². The highest BCUT2D eigenvalue weighted by atomic mass is 16.6. The summed E-state index contributed by atoms with van der Waals surface area (Å²) < 4.78 is 5.36. The third-order valence-electron chi connectivity index (χ3n) is 6.24. The van der Waals surface area contributed by atoms with Crippen LogP contribution in [-0.4, -0.2) is 53.8 Å². The smallest absolute Gasteiger partial charge is 0.407 e. The van der Waals surface area contributed by atoms with Gasteiger partial charge < -0.3 is 15.0 Å². The van der Waals surface area contributed by atoms with Crippen molar-refractivity contribution in [1.82, 2.24) is 15.7 Å². The molecule has 1 saturated heterocycles. The van der Waals surface area contributed by atoms with Crippen LogP contribution in [0.15, 0.2) is 30.3 Å². The van der Waals surface area contributed by atoms with E-state index in [0.717, 1.165) is 12.8 Å². The molecule has 30 heavy (non-hydrogen) atoms. The maximum absolute atomic E-state index is 13.2. The first-order valence-corrected chi connectivity index (χ1v) is 10.8. The van der Waals surface area contributed by atoms with Crippen LogP contribution in [-0.2, 0) is 14.3 Å². The van der Waals surface area contributed by atoms with Crippen molar-refractivity contribution in [2.45, 2.75) is 51.0 Å². The van der Waals surface area contributed by atoms with Gasteiger partial charge in [-0.05, 0) is 50.5 Å². The standard InChI is InChI=1S/C22H31N3O5/c1-2-23-22(28)30-17-8-9-18(19(14-17)20(26)24-29)21(27)25-12-10-16(11-13-25)15-6-4-3-5-7-15/h3-7,16-19,29H,2,8-14H2,1H3,(H,23,28)(H,24,26)/t17-,18+,19+/m1/s1. The van der Waals surface area contributed by atoms with Crippen LogP contribution in [0.2, 0.25) is 0 Å². The van der Waals surface area contributed by atoms with Crippen LogP contribution in [0.3, 0.4) is 0 Å². The van der Waals surface area contributed by atoms with Gasteiger partial charge in [0.15, 0.2) is 0 Å². The summed E-state index contributed by atoms with van der Waals surface area (Å²) >= 11 is 0. The SMILES string of the molecule is CCNC(=O)O[C@@H]1CC[C@H](C(=O)N2CCC(c3ccccc3)CC2)[C@@H](C(=O)NO)C1. The molecule has 2 fully saturated rings. The average Bonchev–Trinajstić information content (AvgIpc) is 2.79. The lowest BCUT2D eigenvalue weighted by Gasteiger charge is -2.39. The molecule has 1 aliphatic heterocycles. The van der Waals surface area contributed by atoms with Gasteiger partial charge >= 0.3 is 6.09 Å². The minimum Gasteiger partial charge on any atom is -0.446 e. The second kappa shape index (κ2) is 10.4. The molecule has 1 aromatic carbocycles. The van der Waals surface area contributed by atoms with Gasteiger partial charge in [-0.3, -0.25) is 14.8 Å². The Labute approximate surface area is 176 Å². The van der Waals surface area contributed by atoms with Gasteiger partial charge in [0.2, 0.25) is 11.8 Å². The van der Waals surface area contributed by atoms with Gasteiger partial charge in [-0.25, -0.2) is 10.3 Å². The number of piperidine rings is 1. The molecule has 3 rings (SSSR count). The van der Waals surface area contributed by atoms with Gasteiger partial charge in [0.25, 0.3) is 0 Å². The number of likely N-dealkylation sites (tertiary alicyclic amines) is 1. The van der Waals surface area contributed by atoms with Crippen molar-refractivity contribution in [2.75, 3.05) is 19.6 Å². The summed E-state index contributed by atoms with van der Waals surface area (Å²) in [6.45, 7) is 3.55. The molecule has 1 aromatic rings. The summed E-state index contributed by atoms with van der Waals surface area (Å²) in [4.78, 5) is 39.0. The molecule has 3 N–H and O–H groups in total. The van der Waals surface area contributed by atoms with E-state index < -0.39 is 29.9 Å². The number of hydrogen-bond donors (Lipinski definition) is 3. The number of rotatable bonds is 5. The highest BCUT2D eigenvalue weighted by Gasteiger charge is 2.42. The van der Waals surface area contributed by atoms with Crippen LogP contribution in [0.1, 0.15) is 50.5 Å². The first-order chi connectivity index (χ1) is 14.5. The van der Waals surface area contributed by atoms with Gasteiger partial charge in [-0.2, -0.15) is 0 Å². The van der Waals surface area contributed by atoms with Crippen molar-refractivity contribution < 1.29 is 24.3 Å². The number of hydroxylamine groups is 1. The first-order valence-electron chi connectivity index (χ1n) is 10.8. The van der Waals surface area contributed by atoms with Crippen LogP contribution in [0.25, 0.3) is 0 Å². The van der Waals surface area contributed by atoms with E-state index in [-0.39, 0.29) is 12.3 Å². The van der Waals surface area contributed by atoms with Crippen LogP contribution in [0.5, 0.6) is 0 Å². The Balaban J connectivity index is 1.60. The predicted molar refractivity (Wildman–Crippen MR) is 110 cm³/mol. The molecule has 3 amide bonds. The molecule has 1 saturated carbocycles. The molecular weight excluding hydrogens is 386 g/mol. The second-order valence-electron chi connectivity index (χ2n) is 8.07. The Hall–Kier alpha value is -2.61. The Bertz CT molecular complexity index is 734. The van der Waals surface area contributed by atoms with Gasteiger partial charge in [-0.15, -0.1) is 0 Å². The summed E-state index contributed by atoms with van der Waals surface area (Å²) in [7, 11) is 0. The van der Waals surface area contributed by atoms with Gasteiger partial charge in [0.1, 0.15) is 6.10 Å². The van der Waals surface area contributed by atoms with E-state index in [1.165, 1.54) is 5.56 Å². The third-order valence-corrected chi connectivity index (χ3v) is 6.24. The van der Waals surface area contributed by atoms with Gasteiger partial charge in [-0.1, -0.05) is 30.3 Å². The topological polar surface area (TPSA) is 108 Å². The number of amides is 3. The van der Waals surface area contributed by atoms with Crippen LogP contribution in [0.4, 0.5) is 4.79 Å². The van der Waals surface area contributed by atoms with E-state index in [2.05, 4.69) is 17.4 Å². The average molecular weight is 418 g/mol. The van der Waals surface area contributed by atoms with Crippen LogP contribution in [0, 0.1) is 11.8 Å². The lowest BCUT2D eigenvalue weighted by molar-refractivity contribution is -0.149. The molecule has 0 spiro atoms. The summed E-state index contributed by atoms with van der Waals surface area (Å²) in [5.74, 6) is -1.45. The van der Waals surface area contributed by atoms with E-state index in [1.54, 1.807) is 12.4 Å². The number of nitrogens with zero attached hydrogens (tertiary/aromatic N) is 1. The van der Waals surface area contributed by atoms with Gasteiger partial charge in [0.05, 0.1) is 11.8 Å². The summed E-state index contributed by atoms with van der Waals surface area (Å²) in [6.07, 6.45) is 1.98. The van der Waals surface area contributed by atoms with Crippen LogP contribution >= 0.6 is 0 Å². The van der Waals surface area contributed by atoms with Crippen LogP contribution < -0.4 is 10.8 Å². The van der Waals surface area contributed by atoms with E-state index in [4.69, 9.17) is 9.94 Å². The minimum absolute atomic E-state index is 0.0495. The predicted octanol–water partition coefficient (Wildman–Crippen LogP) is 2.43. The fourth-order valence-electron chi connectivity index (χ4n) is 4.64.